The minimum absolute atomic E-state index is 1.69. The summed E-state index contributed by atoms with van der Waals surface area (Å²) in [5.41, 5.74) is 0. The molecular formula is CH4B5N. The van der Waals surface area contributed by atoms with Gasteiger partial charge in [-0.15, -0.1) is 0 Å². The van der Waals surface area contributed by atoms with Crippen molar-refractivity contribution >= 4 is 41.6 Å². The Morgan fingerprint density at radius 3 is 2.71 bits per heavy atom. The molecule has 0 fully saturated rings. The Kier molecular flexibility index (Phi) is 5.99. The fourth-order valence-corrected chi connectivity index (χ4v) is 0.197. The molecule has 0 amide bonds. The fourth-order valence-electron chi connectivity index (χ4n) is 0.197. The maximum absolute atomic E-state index is 3.78. The van der Waals surface area contributed by atoms with Crippen molar-refractivity contribution in [1.29, 1.82) is 0 Å². The first-order valence-corrected chi connectivity index (χ1v) is 2.17. The van der Waals surface area contributed by atoms with Gasteiger partial charge in [-0.3, -0.25) is 0 Å². The van der Waals surface area contributed by atoms with Crippen molar-refractivity contribution in [2.75, 3.05) is 0 Å². The summed E-state index contributed by atoms with van der Waals surface area (Å²) in [7, 11) is 1.87. The summed E-state index contributed by atoms with van der Waals surface area (Å²) in [6.07, 6.45) is 0. The van der Waals surface area contributed by atoms with Gasteiger partial charge in [-0.05, 0) is 0 Å². The fraction of sp³-hybridized carbons (Fsp3) is 0. The Balaban J connectivity index is 3.27. The van der Waals surface area contributed by atoms with E-state index in [9.17, 15) is 0 Å². The molecule has 0 spiro atoms. The van der Waals surface area contributed by atoms with Gasteiger partial charge in [0.25, 0.3) is 0 Å². The molecule has 0 aromatic carbocycles. The molecule has 0 saturated carbocycles. The van der Waals surface area contributed by atoms with Crippen molar-refractivity contribution in [2.45, 2.75) is 0 Å². The molecule has 28 valence electrons. The first-order valence-electron chi connectivity index (χ1n) is 2.17. The van der Waals surface area contributed by atoms with E-state index >= 15 is 0 Å². The van der Waals surface area contributed by atoms with Crippen molar-refractivity contribution < 1.29 is 0 Å². The topological polar surface area (TPSA) is 12.4 Å². The molecule has 0 unspecified atom stereocenters. The third-order valence-corrected chi connectivity index (χ3v) is 0.457. The molecule has 0 aromatic heterocycles. The second kappa shape index (κ2) is 5.99. The zero-order valence-electron chi connectivity index (χ0n) is 4.46. The predicted octanol–water partition coefficient (Wildman–Crippen LogP) is -2.29. The molecule has 0 heterocycles. The van der Waals surface area contributed by atoms with Gasteiger partial charge in [0, 0.05) is 0 Å². The number of rotatable bonds is 2. The second-order valence-electron chi connectivity index (χ2n) is 0.984. The van der Waals surface area contributed by atoms with Crippen LogP contribution in [0.2, 0.25) is 0 Å². The van der Waals surface area contributed by atoms with Gasteiger partial charge < -0.3 is 0 Å². The van der Waals surface area contributed by atoms with Crippen LogP contribution in [0.4, 0.5) is 0 Å². The summed E-state index contributed by atoms with van der Waals surface area (Å²) in [6.45, 7) is 10.3. The van der Waals surface area contributed by atoms with Crippen molar-refractivity contribution in [1.82, 2.24) is 0 Å². The molecule has 0 aliphatic rings. The third-order valence-electron chi connectivity index (χ3n) is 0.457. The minimum atomic E-state index is 1.69. The van der Waals surface area contributed by atoms with E-state index in [1.807, 2.05) is 7.74 Å². The first-order chi connectivity index (χ1) is 3.41. The first kappa shape index (κ1) is 6.99. The van der Waals surface area contributed by atoms with Crippen molar-refractivity contribution in [3.05, 3.63) is 0 Å². The van der Waals surface area contributed by atoms with E-state index in [1.54, 1.807) is 27.4 Å². The summed E-state index contributed by atoms with van der Waals surface area (Å²) >= 11 is 0. The van der Waals surface area contributed by atoms with Crippen molar-refractivity contribution in [3.8, 4) is 0 Å². The molecule has 0 bridgehead atoms. The van der Waals surface area contributed by atoms with Crippen LogP contribution in [0.25, 0.3) is 0 Å². The van der Waals surface area contributed by atoms with Gasteiger partial charge in [-0.25, -0.2) is 0 Å². The van der Waals surface area contributed by atoms with Crippen molar-refractivity contribution in [2.24, 2.45) is 4.81 Å². The quantitative estimate of drug-likeness (QED) is 0.334. The molecule has 1 nitrogen and oxygen atoms in total. The molecule has 0 N–H and O–H groups in total. The van der Waals surface area contributed by atoms with Gasteiger partial charge in [0.1, 0.15) is 0 Å². The molecule has 6 heteroatoms. The zero-order valence-corrected chi connectivity index (χ0v) is 4.46. The third kappa shape index (κ3) is 5.99. The molecule has 0 aliphatic carbocycles. The van der Waals surface area contributed by atoms with E-state index in [2.05, 4.69) is 11.3 Å². The van der Waals surface area contributed by atoms with Crippen LogP contribution in [0.5, 0.6) is 0 Å². The maximum atomic E-state index is 3.78. The average molecular weight is 84.1 g/mol. The molecule has 0 rings (SSSR count). The van der Waals surface area contributed by atoms with Gasteiger partial charge in [0.05, 0.1) is 0 Å². The Morgan fingerprint density at radius 2 is 2.29 bits per heavy atom. The van der Waals surface area contributed by atoms with E-state index in [-0.39, 0.29) is 0 Å². The molecular weight excluding hydrogens is 80.1 g/mol. The van der Waals surface area contributed by atoms with E-state index < -0.39 is 0 Å². The number of nitrogens with zero attached hydrogens (tertiary/aromatic N) is 1. The van der Waals surface area contributed by atoms with E-state index in [0.717, 1.165) is 0 Å². The number of hydrogen-bond donors (Lipinski definition) is 0. The Bertz CT molecular complexity index is 94.3. The predicted molar refractivity (Wildman–Crippen MR) is 41.1 cm³/mol. The van der Waals surface area contributed by atoms with Crippen LogP contribution in [0, 0.1) is 0 Å². The van der Waals surface area contributed by atoms with Gasteiger partial charge in [-0.2, -0.15) is 0 Å². The molecule has 0 radical (unpaired) electrons. The molecule has 0 aliphatic heterocycles. The summed E-state index contributed by atoms with van der Waals surface area (Å²) < 4.78 is 0. The summed E-state index contributed by atoms with van der Waals surface area (Å²) in [4.78, 5) is 3.78. The number of hydrogen-bond acceptors (Lipinski definition) is 1. The van der Waals surface area contributed by atoms with Gasteiger partial charge >= 0.3 is 46.4 Å². The Hall–Kier alpha value is -0.00532. The summed E-state index contributed by atoms with van der Waals surface area (Å²) in [5, 5.41) is 0. The van der Waals surface area contributed by atoms with Crippen LogP contribution in [0.1, 0.15) is 0 Å². The van der Waals surface area contributed by atoms with Crippen LogP contribution in [0.15, 0.2) is 4.81 Å². The van der Waals surface area contributed by atoms with Gasteiger partial charge in [0.2, 0.25) is 0 Å². The Labute approximate surface area is 47.3 Å². The van der Waals surface area contributed by atoms with Gasteiger partial charge in [0.15, 0.2) is 0 Å². The van der Waals surface area contributed by atoms with Crippen LogP contribution in [0.3, 0.4) is 0 Å². The standard InChI is InChI=1S/CH4B5N/c1-3-5-6-7-4-2/h1-2H2. The Morgan fingerprint density at radius 1 is 1.57 bits per heavy atom. The molecule has 0 atom stereocenters. The van der Waals surface area contributed by atoms with Crippen LogP contribution < -0.4 is 0 Å². The molecule has 0 aromatic rings. The summed E-state index contributed by atoms with van der Waals surface area (Å²) in [6, 6.07) is 0. The van der Waals surface area contributed by atoms with E-state index in [0.29, 0.717) is 0 Å². The summed E-state index contributed by atoms with van der Waals surface area (Å²) in [5.74, 6) is 0. The zero-order chi connectivity index (χ0) is 5.54. The monoisotopic (exact) mass is 85.1 g/mol. The normalized spacial score (nSPS) is 6.86. The average Bonchev–Trinajstić information content (AvgIpc) is 1.69. The van der Waals surface area contributed by atoms with E-state index in [4.69, 9.17) is 0 Å². The van der Waals surface area contributed by atoms with Crippen LogP contribution in [-0.4, -0.2) is 41.6 Å². The van der Waals surface area contributed by atoms with Crippen LogP contribution >= 0.6 is 0 Å². The van der Waals surface area contributed by atoms with Gasteiger partial charge in [-0.1, -0.05) is 0 Å². The SMILES string of the molecule is BB=NB=BB=C. The second-order valence-corrected chi connectivity index (χ2v) is 0.984. The van der Waals surface area contributed by atoms with E-state index in [1.165, 1.54) is 0 Å². The molecule has 7 heavy (non-hydrogen) atoms. The molecule has 0 saturated heterocycles. The van der Waals surface area contributed by atoms with Crippen LogP contribution in [-0.2, 0) is 0 Å². The van der Waals surface area contributed by atoms with Crippen molar-refractivity contribution in [3.63, 3.8) is 0 Å².